The largest absolute Gasteiger partial charge is 0.481 e. The van der Waals surface area contributed by atoms with Crippen LogP contribution in [0.4, 0.5) is 0 Å². The molecule has 104 valence electrons. The summed E-state index contributed by atoms with van der Waals surface area (Å²) < 4.78 is 6.68. The van der Waals surface area contributed by atoms with E-state index < -0.39 is 5.97 Å². The highest BCUT2D eigenvalue weighted by Crippen LogP contribution is 2.10. The van der Waals surface area contributed by atoms with Gasteiger partial charge in [0.2, 0.25) is 5.91 Å². The molecule has 0 radical (unpaired) electrons. The van der Waals surface area contributed by atoms with E-state index in [0.717, 1.165) is 19.4 Å². The zero-order chi connectivity index (χ0) is 13.7. The molecule has 1 aliphatic heterocycles. The van der Waals surface area contributed by atoms with E-state index >= 15 is 0 Å². The van der Waals surface area contributed by atoms with Gasteiger partial charge in [-0.15, -0.1) is 5.10 Å². The van der Waals surface area contributed by atoms with Crippen molar-refractivity contribution in [3.8, 4) is 0 Å². The van der Waals surface area contributed by atoms with E-state index in [1.54, 1.807) is 0 Å². The van der Waals surface area contributed by atoms with E-state index in [4.69, 9.17) is 9.84 Å². The predicted octanol–water partition coefficient (Wildman–Crippen LogP) is -0.800. The Kier molecular flexibility index (Phi) is 4.45. The fourth-order valence-corrected chi connectivity index (χ4v) is 1.93. The molecule has 0 bridgehead atoms. The Labute approximate surface area is 109 Å². The van der Waals surface area contributed by atoms with Crippen molar-refractivity contribution in [3.63, 3.8) is 0 Å². The molecule has 0 aromatic carbocycles. The molecule has 2 rings (SSSR count). The Morgan fingerprint density at radius 2 is 2.42 bits per heavy atom. The monoisotopic (exact) mass is 268 g/mol. The molecule has 19 heavy (non-hydrogen) atoms. The topological polar surface area (TPSA) is 106 Å². The van der Waals surface area contributed by atoms with Crippen LogP contribution in [0.3, 0.4) is 0 Å². The van der Waals surface area contributed by atoms with Crippen LogP contribution in [0.5, 0.6) is 0 Å². The summed E-state index contributed by atoms with van der Waals surface area (Å²) in [6, 6.07) is 0. The number of nitrogens with one attached hydrogen (secondary N) is 1. The zero-order valence-corrected chi connectivity index (χ0v) is 10.4. The van der Waals surface area contributed by atoms with E-state index in [0.29, 0.717) is 12.2 Å². The van der Waals surface area contributed by atoms with Crippen molar-refractivity contribution in [1.82, 2.24) is 20.3 Å². The van der Waals surface area contributed by atoms with Gasteiger partial charge in [0.05, 0.1) is 24.4 Å². The number of amides is 1. The zero-order valence-electron chi connectivity index (χ0n) is 10.4. The standard InChI is InChI=1S/C11H16N4O4/c16-10(12-6-9-2-1-3-19-9)7-15-8(4-11(17)18)5-13-14-15/h5,9H,1-4,6-7H2,(H,12,16)(H,17,18). The molecular formula is C11H16N4O4. The van der Waals surface area contributed by atoms with Gasteiger partial charge < -0.3 is 15.2 Å². The summed E-state index contributed by atoms with van der Waals surface area (Å²) in [6.07, 6.45) is 3.20. The molecule has 1 atom stereocenters. The highest BCUT2D eigenvalue weighted by atomic mass is 16.5. The number of aliphatic carboxylic acids is 1. The van der Waals surface area contributed by atoms with Crippen molar-refractivity contribution >= 4 is 11.9 Å². The summed E-state index contributed by atoms with van der Waals surface area (Å²) >= 11 is 0. The quantitative estimate of drug-likeness (QED) is 0.699. The third kappa shape index (κ3) is 4.02. The minimum atomic E-state index is -0.983. The maximum atomic E-state index is 11.7. The number of carbonyl (C=O) groups is 2. The molecule has 8 nitrogen and oxygen atoms in total. The lowest BCUT2D eigenvalue weighted by molar-refractivity contribution is -0.136. The summed E-state index contributed by atoms with van der Waals surface area (Å²) in [5, 5.41) is 18.8. The molecule has 0 aliphatic carbocycles. The first-order valence-corrected chi connectivity index (χ1v) is 6.12. The highest BCUT2D eigenvalue weighted by molar-refractivity contribution is 5.76. The lowest BCUT2D eigenvalue weighted by atomic mass is 10.2. The molecule has 0 spiro atoms. The summed E-state index contributed by atoms with van der Waals surface area (Å²) in [7, 11) is 0. The van der Waals surface area contributed by atoms with Gasteiger partial charge in [-0.2, -0.15) is 0 Å². The first kappa shape index (κ1) is 13.5. The van der Waals surface area contributed by atoms with E-state index in [1.165, 1.54) is 10.9 Å². The molecule has 1 aliphatic rings. The number of nitrogens with zero attached hydrogens (tertiary/aromatic N) is 3. The number of aromatic nitrogens is 3. The normalized spacial score (nSPS) is 18.4. The van der Waals surface area contributed by atoms with Crippen molar-refractivity contribution in [1.29, 1.82) is 0 Å². The Bertz CT molecular complexity index is 453. The first-order chi connectivity index (χ1) is 9.15. The van der Waals surface area contributed by atoms with Crippen LogP contribution in [0.1, 0.15) is 18.5 Å². The van der Waals surface area contributed by atoms with Crippen LogP contribution in [0.2, 0.25) is 0 Å². The number of hydrogen-bond donors (Lipinski definition) is 2. The van der Waals surface area contributed by atoms with Gasteiger partial charge in [-0.25, -0.2) is 4.68 Å². The van der Waals surface area contributed by atoms with E-state index in [1.807, 2.05) is 0 Å². The van der Waals surface area contributed by atoms with Crippen LogP contribution in [0.15, 0.2) is 6.20 Å². The van der Waals surface area contributed by atoms with Crippen LogP contribution in [-0.4, -0.2) is 51.2 Å². The van der Waals surface area contributed by atoms with E-state index in [9.17, 15) is 9.59 Å². The van der Waals surface area contributed by atoms with E-state index in [-0.39, 0.29) is 25.0 Å². The SMILES string of the molecule is O=C(O)Cc1cnnn1CC(=O)NCC1CCCO1. The second kappa shape index (κ2) is 6.28. The second-order valence-corrected chi connectivity index (χ2v) is 4.39. The minimum absolute atomic E-state index is 0.0324. The lowest BCUT2D eigenvalue weighted by Gasteiger charge is -2.11. The highest BCUT2D eigenvalue weighted by Gasteiger charge is 2.17. The van der Waals surface area contributed by atoms with E-state index in [2.05, 4.69) is 15.6 Å². The van der Waals surface area contributed by atoms with Crippen LogP contribution < -0.4 is 5.32 Å². The number of carboxylic acid groups (broad SMARTS) is 1. The van der Waals surface area contributed by atoms with Crippen molar-refractivity contribution in [2.75, 3.05) is 13.2 Å². The molecule has 1 saturated heterocycles. The fourth-order valence-electron chi connectivity index (χ4n) is 1.93. The van der Waals surface area contributed by atoms with Gasteiger partial charge in [-0.3, -0.25) is 9.59 Å². The van der Waals surface area contributed by atoms with Crippen molar-refractivity contribution < 1.29 is 19.4 Å². The van der Waals surface area contributed by atoms with Crippen LogP contribution >= 0.6 is 0 Å². The smallest absolute Gasteiger partial charge is 0.309 e. The summed E-state index contributed by atoms with van der Waals surface area (Å²) in [6.45, 7) is 1.18. The van der Waals surface area contributed by atoms with Gasteiger partial charge in [0.15, 0.2) is 0 Å². The van der Waals surface area contributed by atoms with Gasteiger partial charge in [0, 0.05) is 13.2 Å². The molecule has 1 aromatic rings. The second-order valence-electron chi connectivity index (χ2n) is 4.39. The molecule has 1 fully saturated rings. The van der Waals surface area contributed by atoms with Crippen molar-refractivity contribution in [3.05, 3.63) is 11.9 Å². The average molecular weight is 268 g/mol. The molecule has 8 heteroatoms. The van der Waals surface area contributed by atoms with Gasteiger partial charge >= 0.3 is 5.97 Å². The van der Waals surface area contributed by atoms with Gasteiger partial charge in [0.25, 0.3) is 0 Å². The molecule has 0 saturated carbocycles. The Morgan fingerprint density at radius 3 is 3.11 bits per heavy atom. The average Bonchev–Trinajstić information content (AvgIpc) is 2.98. The molecule has 2 N–H and O–H groups in total. The Morgan fingerprint density at radius 1 is 1.58 bits per heavy atom. The van der Waals surface area contributed by atoms with Gasteiger partial charge in [-0.1, -0.05) is 5.21 Å². The number of carbonyl (C=O) groups excluding carboxylic acids is 1. The first-order valence-electron chi connectivity index (χ1n) is 6.12. The van der Waals surface area contributed by atoms with Gasteiger partial charge in [0.1, 0.15) is 6.54 Å². The minimum Gasteiger partial charge on any atom is -0.481 e. The third-order valence-corrected chi connectivity index (χ3v) is 2.87. The number of hydrogen-bond acceptors (Lipinski definition) is 5. The molecular weight excluding hydrogens is 252 g/mol. The van der Waals surface area contributed by atoms with Crippen molar-refractivity contribution in [2.24, 2.45) is 0 Å². The fraction of sp³-hybridized carbons (Fsp3) is 0.636. The van der Waals surface area contributed by atoms with Crippen LogP contribution in [0, 0.1) is 0 Å². The summed E-state index contributed by atoms with van der Waals surface area (Å²) in [5.74, 6) is -1.21. The Hall–Kier alpha value is -1.96. The van der Waals surface area contributed by atoms with Gasteiger partial charge in [-0.05, 0) is 12.8 Å². The lowest BCUT2D eigenvalue weighted by Crippen LogP contribution is -2.34. The van der Waals surface area contributed by atoms with Crippen molar-refractivity contribution in [2.45, 2.75) is 31.9 Å². The third-order valence-electron chi connectivity index (χ3n) is 2.87. The molecule has 1 amide bonds. The number of ether oxygens (including phenoxy) is 1. The number of rotatable bonds is 6. The van der Waals surface area contributed by atoms with Crippen LogP contribution in [0.25, 0.3) is 0 Å². The predicted molar refractivity (Wildman–Crippen MR) is 63.3 cm³/mol. The molecule has 1 aromatic heterocycles. The molecule has 1 unspecified atom stereocenters. The number of carboxylic acids is 1. The summed E-state index contributed by atoms with van der Waals surface area (Å²) in [5.41, 5.74) is 0.403. The maximum absolute atomic E-state index is 11.7. The van der Waals surface area contributed by atoms with Crippen LogP contribution in [-0.2, 0) is 27.3 Å². The molecule has 2 heterocycles. The summed E-state index contributed by atoms with van der Waals surface area (Å²) in [4.78, 5) is 22.3. The maximum Gasteiger partial charge on any atom is 0.309 e. The Balaban J connectivity index is 1.81.